The molecular formula is C12H22N4O. The van der Waals surface area contributed by atoms with Crippen LogP contribution in [0.15, 0.2) is 6.33 Å². The van der Waals surface area contributed by atoms with Crippen LogP contribution in [-0.2, 0) is 13.0 Å². The molecule has 1 aromatic heterocycles. The third-order valence-corrected chi connectivity index (χ3v) is 3.52. The smallest absolute Gasteiger partial charge is 0.133 e. The Labute approximate surface area is 102 Å². The maximum Gasteiger partial charge on any atom is 0.133 e. The van der Waals surface area contributed by atoms with E-state index in [1.165, 1.54) is 12.8 Å². The van der Waals surface area contributed by atoms with Crippen molar-refractivity contribution in [1.82, 2.24) is 14.8 Å². The molecular weight excluding hydrogens is 216 g/mol. The Kier molecular flexibility index (Phi) is 4.12. The van der Waals surface area contributed by atoms with Crippen LogP contribution in [0, 0.1) is 5.92 Å². The van der Waals surface area contributed by atoms with Crippen LogP contribution in [0.4, 0.5) is 0 Å². The Balaban J connectivity index is 1.92. The van der Waals surface area contributed by atoms with Gasteiger partial charge in [0.25, 0.3) is 0 Å². The van der Waals surface area contributed by atoms with E-state index < -0.39 is 0 Å². The Hall–Kier alpha value is -0.940. The van der Waals surface area contributed by atoms with E-state index in [-0.39, 0.29) is 6.10 Å². The van der Waals surface area contributed by atoms with E-state index in [0.717, 1.165) is 25.1 Å². The summed E-state index contributed by atoms with van der Waals surface area (Å²) in [5, 5.41) is 17.5. The Morgan fingerprint density at radius 3 is 2.82 bits per heavy atom. The summed E-state index contributed by atoms with van der Waals surface area (Å²) in [6, 6.07) is 0.390. The maximum absolute atomic E-state index is 9.40. The molecule has 1 aliphatic rings. The normalized spacial score (nSPS) is 27.0. The van der Waals surface area contributed by atoms with Gasteiger partial charge in [-0.15, -0.1) is 10.2 Å². The summed E-state index contributed by atoms with van der Waals surface area (Å²) < 4.78 is 1.96. The lowest BCUT2D eigenvalue weighted by Gasteiger charge is -2.25. The van der Waals surface area contributed by atoms with Gasteiger partial charge in [-0.05, 0) is 38.5 Å². The highest BCUT2D eigenvalue weighted by Crippen LogP contribution is 2.25. The highest BCUT2D eigenvalue weighted by molar-refractivity contribution is 4.90. The highest BCUT2D eigenvalue weighted by atomic mass is 16.3. The highest BCUT2D eigenvalue weighted by Gasteiger charge is 2.20. The minimum absolute atomic E-state index is 0.357. The summed E-state index contributed by atoms with van der Waals surface area (Å²) in [5.74, 6) is 1.66. The van der Waals surface area contributed by atoms with E-state index >= 15 is 0 Å². The van der Waals surface area contributed by atoms with E-state index in [1.807, 2.05) is 4.57 Å². The zero-order valence-electron chi connectivity index (χ0n) is 10.4. The minimum atomic E-state index is -0.357. The minimum Gasteiger partial charge on any atom is -0.392 e. The van der Waals surface area contributed by atoms with Crippen molar-refractivity contribution in [3.63, 3.8) is 0 Å². The van der Waals surface area contributed by atoms with Crippen molar-refractivity contribution >= 4 is 0 Å². The molecule has 0 radical (unpaired) electrons. The molecule has 0 aliphatic heterocycles. The first-order valence-electron chi connectivity index (χ1n) is 6.45. The van der Waals surface area contributed by atoms with Crippen LogP contribution in [0.5, 0.6) is 0 Å². The number of aromatic nitrogens is 3. The molecule has 1 fully saturated rings. The Morgan fingerprint density at radius 2 is 2.18 bits per heavy atom. The average molecular weight is 238 g/mol. The number of aliphatic hydroxyl groups is 1. The molecule has 1 unspecified atom stereocenters. The molecule has 1 aromatic rings. The fraction of sp³-hybridized carbons (Fsp3) is 0.833. The van der Waals surface area contributed by atoms with Crippen LogP contribution in [0.2, 0.25) is 0 Å². The lowest BCUT2D eigenvalue weighted by Crippen LogP contribution is -2.28. The van der Waals surface area contributed by atoms with Gasteiger partial charge >= 0.3 is 0 Å². The standard InChI is InChI=1S/C12H22N4O/c1-9(17)7-16-8-14-15-12(16)6-10-2-4-11(13)5-3-10/h8-11,17H,2-7,13H2,1H3. The van der Waals surface area contributed by atoms with E-state index in [0.29, 0.717) is 18.5 Å². The number of nitrogens with two attached hydrogens (primary N) is 1. The van der Waals surface area contributed by atoms with E-state index in [2.05, 4.69) is 10.2 Å². The van der Waals surface area contributed by atoms with Crippen molar-refractivity contribution in [2.24, 2.45) is 11.7 Å². The number of nitrogens with zero attached hydrogens (tertiary/aromatic N) is 3. The zero-order chi connectivity index (χ0) is 12.3. The summed E-state index contributed by atoms with van der Waals surface area (Å²) in [6.07, 6.45) is 6.91. The van der Waals surface area contributed by atoms with Crippen molar-refractivity contribution in [2.45, 2.75) is 57.7 Å². The molecule has 1 aliphatic carbocycles. The topological polar surface area (TPSA) is 77.0 Å². The third kappa shape index (κ3) is 3.51. The second-order valence-corrected chi connectivity index (χ2v) is 5.23. The van der Waals surface area contributed by atoms with Crippen LogP contribution in [-0.4, -0.2) is 32.0 Å². The van der Waals surface area contributed by atoms with Crippen molar-refractivity contribution in [1.29, 1.82) is 0 Å². The van der Waals surface area contributed by atoms with Gasteiger partial charge in [-0.3, -0.25) is 0 Å². The Bertz CT molecular complexity index is 342. The van der Waals surface area contributed by atoms with Gasteiger partial charge in [0.1, 0.15) is 12.2 Å². The Morgan fingerprint density at radius 1 is 1.47 bits per heavy atom. The maximum atomic E-state index is 9.40. The summed E-state index contributed by atoms with van der Waals surface area (Å²) >= 11 is 0. The number of hydrogen-bond acceptors (Lipinski definition) is 4. The molecule has 3 N–H and O–H groups in total. The zero-order valence-corrected chi connectivity index (χ0v) is 10.4. The molecule has 0 bridgehead atoms. The van der Waals surface area contributed by atoms with Crippen LogP contribution in [0.25, 0.3) is 0 Å². The fourth-order valence-electron chi connectivity index (χ4n) is 2.52. The molecule has 1 saturated carbocycles. The van der Waals surface area contributed by atoms with Gasteiger partial charge in [-0.2, -0.15) is 0 Å². The lowest BCUT2D eigenvalue weighted by molar-refractivity contribution is 0.171. The predicted octanol–water partition coefficient (Wildman–Crippen LogP) is 0.719. The largest absolute Gasteiger partial charge is 0.392 e. The molecule has 1 heterocycles. The molecule has 0 saturated heterocycles. The SMILES string of the molecule is CC(O)Cn1cnnc1CC1CCC(N)CC1. The van der Waals surface area contributed by atoms with Crippen molar-refractivity contribution < 1.29 is 5.11 Å². The van der Waals surface area contributed by atoms with Gasteiger partial charge in [0.2, 0.25) is 0 Å². The van der Waals surface area contributed by atoms with Gasteiger partial charge < -0.3 is 15.4 Å². The van der Waals surface area contributed by atoms with Crippen molar-refractivity contribution in [3.05, 3.63) is 12.2 Å². The summed E-state index contributed by atoms with van der Waals surface area (Å²) in [6.45, 7) is 2.36. The first kappa shape index (κ1) is 12.5. The van der Waals surface area contributed by atoms with Crippen LogP contribution in [0.1, 0.15) is 38.4 Å². The summed E-state index contributed by atoms with van der Waals surface area (Å²) in [7, 11) is 0. The van der Waals surface area contributed by atoms with Crippen LogP contribution in [0.3, 0.4) is 0 Å². The molecule has 17 heavy (non-hydrogen) atoms. The average Bonchev–Trinajstić information content (AvgIpc) is 2.68. The van der Waals surface area contributed by atoms with Crippen molar-refractivity contribution in [3.8, 4) is 0 Å². The fourth-order valence-corrected chi connectivity index (χ4v) is 2.52. The summed E-state index contributed by atoms with van der Waals surface area (Å²) in [4.78, 5) is 0. The quantitative estimate of drug-likeness (QED) is 0.810. The lowest BCUT2D eigenvalue weighted by atomic mass is 9.84. The van der Waals surface area contributed by atoms with Gasteiger partial charge in [0.05, 0.1) is 12.6 Å². The van der Waals surface area contributed by atoms with Crippen LogP contribution >= 0.6 is 0 Å². The first-order valence-corrected chi connectivity index (χ1v) is 6.45. The van der Waals surface area contributed by atoms with E-state index in [1.54, 1.807) is 13.3 Å². The first-order chi connectivity index (χ1) is 8.15. The third-order valence-electron chi connectivity index (χ3n) is 3.52. The van der Waals surface area contributed by atoms with Crippen molar-refractivity contribution in [2.75, 3.05) is 0 Å². The number of aliphatic hydroxyl groups excluding tert-OH is 1. The van der Waals surface area contributed by atoms with E-state index in [4.69, 9.17) is 5.73 Å². The molecule has 1 atom stereocenters. The number of rotatable bonds is 4. The molecule has 5 nitrogen and oxygen atoms in total. The second kappa shape index (κ2) is 5.60. The van der Waals surface area contributed by atoms with Gasteiger partial charge in [0.15, 0.2) is 0 Å². The molecule has 2 rings (SSSR count). The monoisotopic (exact) mass is 238 g/mol. The van der Waals surface area contributed by atoms with E-state index in [9.17, 15) is 5.11 Å². The van der Waals surface area contributed by atoms with Gasteiger partial charge in [0, 0.05) is 12.5 Å². The molecule has 0 amide bonds. The molecule has 96 valence electrons. The number of hydrogen-bond donors (Lipinski definition) is 2. The van der Waals surface area contributed by atoms with Gasteiger partial charge in [-0.1, -0.05) is 0 Å². The molecule has 0 spiro atoms. The molecule has 0 aromatic carbocycles. The predicted molar refractivity (Wildman–Crippen MR) is 65.3 cm³/mol. The van der Waals surface area contributed by atoms with Gasteiger partial charge in [-0.25, -0.2) is 0 Å². The van der Waals surface area contributed by atoms with Crippen LogP contribution < -0.4 is 5.73 Å². The molecule has 5 heteroatoms. The second-order valence-electron chi connectivity index (χ2n) is 5.23. The summed E-state index contributed by atoms with van der Waals surface area (Å²) in [5.41, 5.74) is 5.90.